The lowest BCUT2D eigenvalue weighted by Crippen LogP contribution is -2.46. The highest BCUT2D eigenvalue weighted by atomic mass is 32.1. The predicted molar refractivity (Wildman–Crippen MR) is 72.5 cm³/mol. The number of carboxylic acid groups (broad SMARTS) is 1. The molecule has 0 aromatic carbocycles. The van der Waals surface area contributed by atoms with E-state index < -0.39 is 30.4 Å². The molecule has 0 fully saturated rings. The third-order valence-corrected chi connectivity index (χ3v) is 3.42. The minimum Gasteiger partial charge on any atom is -0.480 e. The average Bonchev–Trinajstić information content (AvgIpc) is 2.81. The fourth-order valence-corrected chi connectivity index (χ4v) is 2.24. The van der Waals surface area contributed by atoms with E-state index in [1.54, 1.807) is 0 Å². The molecule has 1 rings (SSSR count). The van der Waals surface area contributed by atoms with Gasteiger partial charge >= 0.3 is 18.0 Å². The molecule has 0 saturated heterocycles. The molecule has 7 nitrogen and oxygen atoms in total. The molecule has 3 N–H and O–H groups in total. The molecule has 0 spiro atoms. The summed E-state index contributed by atoms with van der Waals surface area (Å²) in [4.78, 5) is 35.6. The minimum absolute atomic E-state index is 0.300. The number of hydrogen-bond donors (Lipinski definition) is 3. The van der Waals surface area contributed by atoms with Crippen LogP contribution in [0.2, 0.25) is 0 Å². The number of aliphatic carboxylic acids is 1. The molecule has 1 atom stereocenters. The van der Waals surface area contributed by atoms with E-state index >= 15 is 0 Å². The van der Waals surface area contributed by atoms with Crippen LogP contribution >= 0.6 is 11.3 Å². The summed E-state index contributed by atoms with van der Waals surface area (Å²) in [6.07, 6.45) is -0.419. The van der Waals surface area contributed by atoms with Crippen molar-refractivity contribution in [1.82, 2.24) is 10.6 Å². The molecular formula is C12H16N2O5S. The molecule has 0 aliphatic carbocycles. The van der Waals surface area contributed by atoms with Crippen molar-refractivity contribution in [3.05, 3.63) is 21.9 Å². The van der Waals surface area contributed by atoms with Gasteiger partial charge in [-0.3, -0.25) is 4.79 Å². The lowest BCUT2D eigenvalue weighted by molar-refractivity contribution is -0.147. The largest absolute Gasteiger partial charge is 0.480 e. The standard InChI is InChI=1S/C12H16N2O5S/c1-7-3-4-8(20-7)6-13-12(18)14-9(11(16)17)5-10(15)19-2/h3-4,9H,5-6H2,1-2H3,(H,16,17)(H2,13,14,18)/t9-/m0/s1. The molecule has 0 saturated carbocycles. The number of hydrogen-bond acceptors (Lipinski definition) is 5. The number of carboxylic acids is 1. The van der Waals surface area contributed by atoms with Crippen molar-refractivity contribution < 1.29 is 24.2 Å². The van der Waals surface area contributed by atoms with Crippen molar-refractivity contribution in [2.75, 3.05) is 7.11 Å². The molecule has 1 heterocycles. The number of urea groups is 1. The maximum Gasteiger partial charge on any atom is 0.326 e. The van der Waals surface area contributed by atoms with Crippen molar-refractivity contribution in [2.24, 2.45) is 0 Å². The zero-order valence-electron chi connectivity index (χ0n) is 11.1. The molecule has 0 aliphatic heterocycles. The highest BCUT2D eigenvalue weighted by Crippen LogP contribution is 2.14. The summed E-state index contributed by atoms with van der Waals surface area (Å²) in [6, 6.07) is 1.85. The number of esters is 1. The molecule has 8 heteroatoms. The Balaban J connectivity index is 2.45. The number of methoxy groups -OCH3 is 1. The number of rotatable bonds is 6. The number of amides is 2. The molecule has 0 aliphatic rings. The normalized spacial score (nSPS) is 11.5. The molecule has 2 amide bonds. The quantitative estimate of drug-likeness (QED) is 0.676. The van der Waals surface area contributed by atoms with Gasteiger partial charge in [0.05, 0.1) is 20.1 Å². The summed E-state index contributed by atoms with van der Waals surface area (Å²) < 4.78 is 4.37. The van der Waals surface area contributed by atoms with Crippen LogP contribution < -0.4 is 10.6 Å². The summed E-state index contributed by atoms with van der Waals surface area (Å²) in [5, 5.41) is 13.7. The van der Waals surface area contributed by atoms with Crippen LogP contribution in [0, 0.1) is 6.92 Å². The van der Waals surface area contributed by atoms with Gasteiger partial charge in [0.25, 0.3) is 0 Å². The second-order valence-corrected chi connectivity index (χ2v) is 5.38. The first-order valence-corrected chi connectivity index (χ1v) is 6.63. The molecule has 0 unspecified atom stereocenters. The average molecular weight is 300 g/mol. The molecule has 110 valence electrons. The monoisotopic (exact) mass is 300 g/mol. The Hall–Kier alpha value is -2.09. The van der Waals surface area contributed by atoms with Gasteiger partial charge in [-0.05, 0) is 19.1 Å². The van der Waals surface area contributed by atoms with Gasteiger partial charge in [-0.15, -0.1) is 11.3 Å². The third kappa shape index (κ3) is 5.27. The van der Waals surface area contributed by atoms with Gasteiger partial charge in [0.15, 0.2) is 0 Å². The first-order chi connectivity index (χ1) is 9.42. The van der Waals surface area contributed by atoms with E-state index in [0.29, 0.717) is 6.54 Å². The van der Waals surface area contributed by atoms with Gasteiger partial charge in [0, 0.05) is 9.75 Å². The van der Waals surface area contributed by atoms with E-state index in [1.165, 1.54) is 11.3 Å². The van der Waals surface area contributed by atoms with Crippen molar-refractivity contribution in [1.29, 1.82) is 0 Å². The molecule has 0 bridgehead atoms. The molecular weight excluding hydrogens is 284 g/mol. The number of thiophene rings is 1. The molecule has 0 radical (unpaired) electrons. The van der Waals surface area contributed by atoms with E-state index in [2.05, 4.69) is 15.4 Å². The summed E-state index contributed by atoms with van der Waals surface area (Å²) >= 11 is 1.54. The van der Waals surface area contributed by atoms with Gasteiger partial charge in [-0.1, -0.05) is 0 Å². The van der Waals surface area contributed by atoms with Crippen LogP contribution in [0.4, 0.5) is 4.79 Å². The lowest BCUT2D eigenvalue weighted by Gasteiger charge is -2.13. The van der Waals surface area contributed by atoms with E-state index in [4.69, 9.17) is 5.11 Å². The van der Waals surface area contributed by atoms with Crippen LogP contribution in [-0.4, -0.2) is 36.2 Å². The van der Waals surface area contributed by atoms with Crippen LogP contribution in [0.15, 0.2) is 12.1 Å². The van der Waals surface area contributed by atoms with Gasteiger partial charge in [0.1, 0.15) is 6.04 Å². The summed E-state index contributed by atoms with van der Waals surface area (Å²) in [6.45, 7) is 2.25. The smallest absolute Gasteiger partial charge is 0.326 e. The van der Waals surface area contributed by atoms with Crippen molar-refractivity contribution in [2.45, 2.75) is 25.9 Å². The summed E-state index contributed by atoms with van der Waals surface area (Å²) in [5.41, 5.74) is 0. The Bertz CT molecular complexity index is 500. The van der Waals surface area contributed by atoms with Gasteiger partial charge in [-0.2, -0.15) is 0 Å². The Kier molecular flexibility index (Phi) is 5.98. The molecule has 1 aromatic rings. The topological polar surface area (TPSA) is 105 Å². The Morgan fingerprint density at radius 1 is 1.40 bits per heavy atom. The van der Waals surface area contributed by atoms with Crippen LogP contribution in [0.3, 0.4) is 0 Å². The highest BCUT2D eigenvalue weighted by molar-refractivity contribution is 7.11. The lowest BCUT2D eigenvalue weighted by atomic mass is 10.2. The highest BCUT2D eigenvalue weighted by Gasteiger charge is 2.23. The Labute approximate surface area is 119 Å². The van der Waals surface area contributed by atoms with E-state index in [-0.39, 0.29) is 0 Å². The van der Waals surface area contributed by atoms with E-state index in [9.17, 15) is 14.4 Å². The number of carbonyl (C=O) groups is 3. The second kappa shape index (κ2) is 7.49. The number of nitrogens with one attached hydrogen (secondary N) is 2. The SMILES string of the molecule is COC(=O)C[C@H](NC(=O)NCc1ccc(C)s1)C(=O)O. The van der Waals surface area contributed by atoms with Crippen molar-refractivity contribution in [3.63, 3.8) is 0 Å². The van der Waals surface area contributed by atoms with Gasteiger partial charge < -0.3 is 20.5 Å². The second-order valence-electron chi connectivity index (χ2n) is 4.01. The number of carbonyl (C=O) groups excluding carboxylic acids is 2. The zero-order valence-corrected chi connectivity index (χ0v) is 12.0. The minimum atomic E-state index is -1.31. The van der Waals surface area contributed by atoms with E-state index in [0.717, 1.165) is 16.9 Å². The number of aryl methyl sites for hydroxylation is 1. The summed E-state index contributed by atoms with van der Waals surface area (Å²) in [5.74, 6) is -2.00. The zero-order chi connectivity index (χ0) is 15.1. The Morgan fingerprint density at radius 2 is 2.10 bits per heavy atom. The fraction of sp³-hybridized carbons (Fsp3) is 0.417. The first-order valence-electron chi connectivity index (χ1n) is 5.81. The maximum atomic E-state index is 11.6. The van der Waals surface area contributed by atoms with E-state index in [1.807, 2.05) is 19.1 Å². The van der Waals surface area contributed by atoms with Crippen LogP contribution in [0.25, 0.3) is 0 Å². The van der Waals surface area contributed by atoms with Crippen LogP contribution in [0.5, 0.6) is 0 Å². The van der Waals surface area contributed by atoms with Crippen molar-refractivity contribution in [3.8, 4) is 0 Å². The third-order valence-electron chi connectivity index (χ3n) is 2.42. The summed E-state index contributed by atoms with van der Waals surface area (Å²) in [7, 11) is 1.15. The van der Waals surface area contributed by atoms with Crippen LogP contribution in [0.1, 0.15) is 16.2 Å². The molecule has 20 heavy (non-hydrogen) atoms. The fourth-order valence-electron chi connectivity index (χ4n) is 1.41. The van der Waals surface area contributed by atoms with Gasteiger partial charge in [0.2, 0.25) is 0 Å². The number of ether oxygens (including phenoxy) is 1. The maximum absolute atomic E-state index is 11.6. The predicted octanol–water partition coefficient (Wildman–Crippen LogP) is 0.872. The first kappa shape index (κ1) is 16.0. The molecule has 1 aromatic heterocycles. The van der Waals surface area contributed by atoms with Crippen molar-refractivity contribution >= 4 is 29.3 Å². The van der Waals surface area contributed by atoms with Crippen LogP contribution in [-0.2, 0) is 20.9 Å². The Morgan fingerprint density at radius 3 is 2.60 bits per heavy atom. The van der Waals surface area contributed by atoms with Gasteiger partial charge in [-0.25, -0.2) is 9.59 Å².